The Morgan fingerprint density at radius 1 is 1.11 bits per heavy atom. The maximum atomic E-state index is 14.4. The van der Waals surface area contributed by atoms with Crippen molar-refractivity contribution < 1.29 is 27.1 Å². The smallest absolute Gasteiger partial charge is 0.324 e. The van der Waals surface area contributed by atoms with Gasteiger partial charge in [-0.3, -0.25) is 10.1 Å². The molecule has 35 heavy (non-hydrogen) atoms. The van der Waals surface area contributed by atoms with E-state index in [2.05, 4.69) is 10.6 Å². The predicted octanol–water partition coefficient (Wildman–Crippen LogP) is 2.76. The molecule has 0 bridgehead atoms. The van der Waals surface area contributed by atoms with E-state index in [4.69, 9.17) is 4.74 Å². The number of nitrogens with zero attached hydrogens (tertiary/aromatic N) is 1. The number of carbonyl (C=O) groups is 2. The Hall–Kier alpha value is -2.20. The predicted molar refractivity (Wildman–Crippen MR) is 131 cm³/mol. The molecule has 1 aromatic rings. The number of carbonyl (C=O) groups excluding carboxylic acids is 2. The molecule has 0 aromatic heterocycles. The fourth-order valence-corrected chi connectivity index (χ4v) is 7.05. The fraction of sp³-hybridized carbons (Fsp3) is 0.680. The Morgan fingerprint density at radius 2 is 1.89 bits per heavy atom. The van der Waals surface area contributed by atoms with E-state index in [-0.39, 0.29) is 29.2 Å². The van der Waals surface area contributed by atoms with E-state index in [1.54, 1.807) is 17.0 Å². The van der Waals surface area contributed by atoms with Crippen LogP contribution in [0.2, 0.25) is 0 Å². The molecule has 2 heterocycles. The normalized spacial score (nSPS) is 20.5. The van der Waals surface area contributed by atoms with Crippen LogP contribution in [0.4, 0.5) is 9.18 Å². The van der Waals surface area contributed by atoms with Gasteiger partial charge in [-0.05, 0) is 75.2 Å². The summed E-state index contributed by atoms with van der Waals surface area (Å²) in [6, 6.07) is 4.46. The standard InChI is InChI=1S/C25H36FN3O5S/c26-21-7-6-20(16-22(21)34-17-19-4-5-19)25(9-11-27-12-10-25)18-35(32,33)15-3-1-2-13-29-14-8-23(30)28-24(29)31/h6-7,16,19,27H,1-5,8-15,17-18H2,(H,28,30,31). The summed E-state index contributed by atoms with van der Waals surface area (Å²) in [5.74, 6) is 0.164. The fourth-order valence-electron chi connectivity index (χ4n) is 4.96. The maximum absolute atomic E-state index is 14.4. The highest BCUT2D eigenvalue weighted by atomic mass is 32.2. The molecular weight excluding hydrogens is 473 g/mol. The highest BCUT2D eigenvalue weighted by Gasteiger charge is 2.39. The van der Waals surface area contributed by atoms with Crippen molar-refractivity contribution in [2.75, 3.05) is 44.3 Å². The lowest BCUT2D eigenvalue weighted by atomic mass is 9.75. The molecule has 194 valence electrons. The second-order valence-corrected chi connectivity index (χ2v) is 12.4. The average Bonchev–Trinajstić information content (AvgIpc) is 3.64. The van der Waals surface area contributed by atoms with Crippen LogP contribution < -0.4 is 15.4 Å². The molecule has 3 fully saturated rings. The first kappa shape index (κ1) is 25.9. The number of urea groups is 1. The zero-order valence-electron chi connectivity index (χ0n) is 20.2. The lowest BCUT2D eigenvalue weighted by molar-refractivity contribution is -0.121. The highest BCUT2D eigenvalue weighted by molar-refractivity contribution is 7.91. The molecule has 0 spiro atoms. The molecule has 1 saturated carbocycles. The molecule has 0 atom stereocenters. The largest absolute Gasteiger partial charge is 0.490 e. The number of unbranched alkanes of at least 4 members (excludes halogenated alkanes) is 2. The van der Waals surface area contributed by atoms with Gasteiger partial charge >= 0.3 is 6.03 Å². The van der Waals surface area contributed by atoms with Crippen molar-refractivity contribution >= 4 is 21.8 Å². The van der Waals surface area contributed by atoms with Gasteiger partial charge in [-0.1, -0.05) is 12.5 Å². The SMILES string of the molecule is O=C1CCN(CCCCCS(=O)(=O)CC2(c3ccc(F)c(OCC4CC4)c3)CCNCC2)C(=O)N1. The minimum absolute atomic E-state index is 0.0337. The molecule has 3 aliphatic rings. The molecule has 1 aliphatic carbocycles. The van der Waals surface area contributed by atoms with Crippen LogP contribution in [0.15, 0.2) is 18.2 Å². The van der Waals surface area contributed by atoms with E-state index < -0.39 is 21.1 Å². The number of hydrogen-bond acceptors (Lipinski definition) is 6. The lowest BCUT2D eigenvalue weighted by Crippen LogP contribution is -2.49. The van der Waals surface area contributed by atoms with E-state index in [9.17, 15) is 22.4 Å². The molecule has 4 rings (SSSR count). The van der Waals surface area contributed by atoms with E-state index in [0.29, 0.717) is 77.2 Å². The summed E-state index contributed by atoms with van der Waals surface area (Å²) in [6.07, 6.45) is 5.75. The number of nitrogens with one attached hydrogen (secondary N) is 2. The zero-order valence-corrected chi connectivity index (χ0v) is 21.0. The third-order valence-corrected chi connectivity index (χ3v) is 9.20. The van der Waals surface area contributed by atoms with Crippen molar-refractivity contribution in [2.24, 2.45) is 5.92 Å². The van der Waals surface area contributed by atoms with Gasteiger partial charge in [0.1, 0.15) is 0 Å². The molecule has 2 saturated heterocycles. The van der Waals surface area contributed by atoms with Gasteiger partial charge in [0.25, 0.3) is 0 Å². The molecule has 2 aliphatic heterocycles. The summed E-state index contributed by atoms with van der Waals surface area (Å²) >= 11 is 0. The maximum Gasteiger partial charge on any atom is 0.324 e. The van der Waals surface area contributed by atoms with E-state index in [1.807, 2.05) is 0 Å². The molecule has 3 amide bonds. The average molecular weight is 510 g/mol. The van der Waals surface area contributed by atoms with Gasteiger partial charge in [0.2, 0.25) is 5.91 Å². The van der Waals surface area contributed by atoms with Crippen LogP contribution >= 0.6 is 0 Å². The Bertz CT molecular complexity index is 1020. The lowest BCUT2D eigenvalue weighted by Gasteiger charge is -2.38. The molecule has 10 heteroatoms. The minimum Gasteiger partial charge on any atom is -0.490 e. The van der Waals surface area contributed by atoms with Gasteiger partial charge in [0.05, 0.1) is 18.1 Å². The number of piperidine rings is 1. The van der Waals surface area contributed by atoms with Gasteiger partial charge in [-0.2, -0.15) is 0 Å². The number of rotatable bonds is 12. The zero-order chi connectivity index (χ0) is 24.9. The Kier molecular flexibility index (Phi) is 8.31. The van der Waals surface area contributed by atoms with E-state index >= 15 is 0 Å². The van der Waals surface area contributed by atoms with Crippen molar-refractivity contribution in [1.29, 1.82) is 0 Å². The summed E-state index contributed by atoms with van der Waals surface area (Å²) < 4.78 is 46.5. The van der Waals surface area contributed by atoms with Gasteiger partial charge < -0.3 is 15.0 Å². The van der Waals surface area contributed by atoms with Gasteiger partial charge in [0, 0.05) is 24.9 Å². The summed E-state index contributed by atoms with van der Waals surface area (Å²) in [4.78, 5) is 24.6. The number of benzene rings is 1. The molecule has 0 radical (unpaired) electrons. The number of sulfone groups is 1. The van der Waals surface area contributed by atoms with Crippen molar-refractivity contribution in [3.8, 4) is 5.75 Å². The quantitative estimate of drug-likeness (QED) is 0.420. The third-order valence-electron chi connectivity index (χ3n) is 7.30. The van der Waals surface area contributed by atoms with Crippen molar-refractivity contribution in [3.63, 3.8) is 0 Å². The first-order chi connectivity index (χ1) is 16.8. The van der Waals surface area contributed by atoms with E-state index in [0.717, 1.165) is 18.4 Å². The molecule has 2 N–H and O–H groups in total. The van der Waals surface area contributed by atoms with Crippen molar-refractivity contribution in [1.82, 2.24) is 15.5 Å². The van der Waals surface area contributed by atoms with E-state index in [1.165, 1.54) is 6.07 Å². The number of hydrogen-bond donors (Lipinski definition) is 2. The van der Waals surface area contributed by atoms with Gasteiger partial charge in [-0.15, -0.1) is 0 Å². The van der Waals surface area contributed by atoms with Crippen LogP contribution in [-0.2, 0) is 20.0 Å². The second-order valence-electron chi connectivity index (χ2n) is 10.2. The Labute approximate surface area is 206 Å². The Morgan fingerprint density at radius 3 is 2.60 bits per heavy atom. The summed E-state index contributed by atoms with van der Waals surface area (Å²) in [5, 5.41) is 5.61. The first-order valence-corrected chi connectivity index (χ1v) is 14.5. The molecule has 0 unspecified atom stereocenters. The number of imide groups is 1. The van der Waals surface area contributed by atoms with Crippen LogP contribution in [0, 0.1) is 11.7 Å². The van der Waals surface area contributed by atoms with Crippen LogP contribution in [0.5, 0.6) is 5.75 Å². The monoisotopic (exact) mass is 509 g/mol. The number of ether oxygens (including phenoxy) is 1. The van der Waals surface area contributed by atoms with Crippen molar-refractivity contribution in [3.05, 3.63) is 29.6 Å². The highest BCUT2D eigenvalue weighted by Crippen LogP contribution is 2.38. The topological polar surface area (TPSA) is 105 Å². The first-order valence-electron chi connectivity index (χ1n) is 12.7. The number of halogens is 1. The summed E-state index contributed by atoms with van der Waals surface area (Å²) in [7, 11) is -3.35. The summed E-state index contributed by atoms with van der Waals surface area (Å²) in [5.41, 5.74) is 0.272. The third kappa shape index (κ3) is 7.16. The number of amides is 3. The minimum atomic E-state index is -3.35. The molecule has 1 aromatic carbocycles. The summed E-state index contributed by atoms with van der Waals surface area (Å²) in [6.45, 7) is 2.84. The van der Waals surface area contributed by atoms with Crippen LogP contribution in [0.1, 0.15) is 56.9 Å². The molecular formula is C25H36FN3O5S. The van der Waals surface area contributed by atoms with Gasteiger partial charge in [0.15, 0.2) is 21.4 Å². The van der Waals surface area contributed by atoms with Crippen LogP contribution in [0.25, 0.3) is 0 Å². The van der Waals surface area contributed by atoms with Crippen molar-refractivity contribution in [2.45, 2.75) is 56.8 Å². The van der Waals surface area contributed by atoms with Crippen LogP contribution in [0.3, 0.4) is 0 Å². The van der Waals surface area contributed by atoms with Crippen LogP contribution in [-0.4, -0.2) is 69.5 Å². The Balaban J connectivity index is 1.33. The second kappa shape index (κ2) is 11.2. The van der Waals surface area contributed by atoms with Gasteiger partial charge in [-0.25, -0.2) is 17.6 Å². The molecule has 8 nitrogen and oxygen atoms in total.